The molecule has 0 aliphatic carbocycles. The van der Waals surface area contributed by atoms with E-state index in [1.807, 2.05) is 17.7 Å². The number of ether oxygens (including phenoxy) is 1. The number of hydrogen-bond donors (Lipinski definition) is 1. The van der Waals surface area contributed by atoms with E-state index >= 15 is 0 Å². The zero-order chi connectivity index (χ0) is 13.2. The molecule has 2 N–H and O–H groups in total. The molecule has 0 amide bonds. The first-order chi connectivity index (χ1) is 9.29. The Kier molecular flexibility index (Phi) is 3.50. The van der Waals surface area contributed by atoms with E-state index < -0.39 is 0 Å². The van der Waals surface area contributed by atoms with Crippen LogP contribution >= 0.6 is 0 Å². The first-order valence-corrected chi connectivity index (χ1v) is 6.76. The number of benzene rings is 1. The highest BCUT2D eigenvalue weighted by Crippen LogP contribution is 2.28. The standard InChI is InChI=1S/C14H19N3O2/c1-10-12-9-11(16-18-2)6-7-13(12)17(15-10)14-5-3-4-8-19-14/h6-7,9,14,16H,3-5,8H2,1-2H3/p+1. The molecule has 3 rings (SSSR count). The summed E-state index contributed by atoms with van der Waals surface area (Å²) in [6.45, 7) is 2.87. The van der Waals surface area contributed by atoms with Gasteiger partial charge in [0.25, 0.3) is 0 Å². The van der Waals surface area contributed by atoms with Gasteiger partial charge in [-0.2, -0.15) is 10.6 Å². The van der Waals surface area contributed by atoms with E-state index in [2.05, 4.69) is 17.2 Å². The third-order valence-corrected chi connectivity index (χ3v) is 3.60. The number of rotatable bonds is 3. The van der Waals surface area contributed by atoms with Crippen LogP contribution in [0.5, 0.6) is 0 Å². The molecule has 0 saturated carbocycles. The molecule has 2 heterocycles. The van der Waals surface area contributed by atoms with Crippen molar-refractivity contribution in [3.05, 3.63) is 23.9 Å². The molecule has 2 aromatic rings. The second-order valence-electron chi connectivity index (χ2n) is 4.98. The van der Waals surface area contributed by atoms with Gasteiger partial charge in [0.2, 0.25) is 0 Å². The van der Waals surface area contributed by atoms with E-state index in [1.54, 1.807) is 12.6 Å². The van der Waals surface area contributed by atoms with Crippen molar-refractivity contribution < 1.29 is 15.1 Å². The van der Waals surface area contributed by atoms with Crippen LogP contribution in [0.4, 0.5) is 5.69 Å². The minimum absolute atomic E-state index is 0.0854. The van der Waals surface area contributed by atoms with Gasteiger partial charge in [-0.05, 0) is 32.3 Å². The van der Waals surface area contributed by atoms with Gasteiger partial charge in [-0.3, -0.25) is 0 Å². The number of nitrogens with zero attached hydrogens (tertiary/aromatic N) is 2. The molecule has 1 unspecified atom stereocenters. The smallest absolute Gasteiger partial charge is 0.162 e. The fourth-order valence-electron chi connectivity index (χ4n) is 2.66. The van der Waals surface area contributed by atoms with Crippen LogP contribution in [0.1, 0.15) is 31.2 Å². The lowest BCUT2D eigenvalue weighted by molar-refractivity contribution is -0.830. The topological polar surface area (TPSA) is 52.9 Å². The molecule has 1 aromatic heterocycles. The Balaban J connectivity index is 2.01. The largest absolute Gasteiger partial charge is 0.356 e. The molecule has 102 valence electrons. The molecule has 1 atom stereocenters. The summed E-state index contributed by atoms with van der Waals surface area (Å²) < 4.78 is 7.86. The summed E-state index contributed by atoms with van der Waals surface area (Å²) in [7, 11) is 1.66. The quantitative estimate of drug-likeness (QED) is 0.678. The molecule has 5 heteroatoms. The molecule has 0 spiro atoms. The molecule has 1 saturated heterocycles. The Labute approximate surface area is 112 Å². The first-order valence-electron chi connectivity index (χ1n) is 6.76. The number of hydrogen-bond acceptors (Lipinski definition) is 3. The molecule has 1 aliphatic rings. The summed E-state index contributed by atoms with van der Waals surface area (Å²) >= 11 is 0. The summed E-state index contributed by atoms with van der Waals surface area (Å²) in [5.74, 6) is 0. The number of quaternary nitrogens is 1. The van der Waals surface area contributed by atoms with Gasteiger partial charge in [0, 0.05) is 24.1 Å². The van der Waals surface area contributed by atoms with Gasteiger partial charge in [0.05, 0.1) is 18.3 Å². The fourth-order valence-corrected chi connectivity index (χ4v) is 2.66. The zero-order valence-electron chi connectivity index (χ0n) is 11.4. The summed E-state index contributed by atoms with van der Waals surface area (Å²) in [5.41, 5.74) is 4.98. The highest BCUT2D eigenvalue weighted by atomic mass is 16.6. The van der Waals surface area contributed by atoms with Crippen LogP contribution in [0.3, 0.4) is 0 Å². The third kappa shape index (κ3) is 2.36. The van der Waals surface area contributed by atoms with Crippen LogP contribution in [-0.2, 0) is 9.57 Å². The molecule has 1 fully saturated rings. The zero-order valence-corrected chi connectivity index (χ0v) is 11.4. The summed E-state index contributed by atoms with van der Waals surface area (Å²) in [6.07, 6.45) is 3.49. The van der Waals surface area contributed by atoms with E-state index in [-0.39, 0.29) is 6.23 Å². The van der Waals surface area contributed by atoms with Crippen LogP contribution < -0.4 is 5.48 Å². The van der Waals surface area contributed by atoms with Crippen molar-refractivity contribution in [3.63, 3.8) is 0 Å². The van der Waals surface area contributed by atoms with Gasteiger partial charge < -0.3 is 4.74 Å². The van der Waals surface area contributed by atoms with Crippen molar-refractivity contribution in [2.45, 2.75) is 32.4 Å². The molecular formula is C14H20N3O2+. The van der Waals surface area contributed by atoms with Crippen molar-refractivity contribution in [3.8, 4) is 0 Å². The minimum atomic E-state index is 0.0854. The summed E-state index contributed by atoms with van der Waals surface area (Å²) in [6, 6.07) is 6.25. The van der Waals surface area contributed by atoms with Gasteiger partial charge in [-0.15, -0.1) is 0 Å². The molecule has 19 heavy (non-hydrogen) atoms. The second-order valence-corrected chi connectivity index (χ2v) is 4.98. The number of aromatic nitrogens is 2. The highest BCUT2D eigenvalue weighted by Gasteiger charge is 2.20. The van der Waals surface area contributed by atoms with Gasteiger partial charge in [0.15, 0.2) is 11.9 Å². The number of aryl methyl sites for hydroxylation is 1. The lowest BCUT2D eigenvalue weighted by atomic mass is 10.1. The molecule has 1 aromatic carbocycles. The Hall–Kier alpha value is -1.43. The molecule has 1 aliphatic heterocycles. The SMILES string of the molecule is CO[NH2+]c1ccc2c(c1)c(C)nn2C1CCCCO1. The Morgan fingerprint density at radius 2 is 2.32 bits per heavy atom. The summed E-state index contributed by atoms with van der Waals surface area (Å²) in [4.78, 5) is 5.06. The van der Waals surface area contributed by atoms with Crippen molar-refractivity contribution in [2.75, 3.05) is 13.7 Å². The Morgan fingerprint density at radius 1 is 1.42 bits per heavy atom. The maximum atomic E-state index is 5.83. The number of fused-ring (bicyclic) bond motifs is 1. The van der Waals surface area contributed by atoms with Crippen molar-refractivity contribution in [2.24, 2.45) is 0 Å². The Morgan fingerprint density at radius 3 is 3.05 bits per heavy atom. The van der Waals surface area contributed by atoms with Crippen molar-refractivity contribution in [1.82, 2.24) is 9.78 Å². The highest BCUT2D eigenvalue weighted by molar-refractivity contribution is 5.84. The van der Waals surface area contributed by atoms with E-state index in [9.17, 15) is 0 Å². The van der Waals surface area contributed by atoms with Gasteiger partial charge in [-0.1, -0.05) is 0 Å². The van der Waals surface area contributed by atoms with Gasteiger partial charge in [-0.25, -0.2) is 9.52 Å². The molecular weight excluding hydrogens is 242 g/mol. The maximum Gasteiger partial charge on any atom is 0.162 e. The predicted octanol–water partition coefficient (Wildman–Crippen LogP) is 1.80. The van der Waals surface area contributed by atoms with Crippen LogP contribution in [0.15, 0.2) is 18.2 Å². The van der Waals surface area contributed by atoms with Crippen LogP contribution in [-0.4, -0.2) is 23.5 Å². The molecule has 5 nitrogen and oxygen atoms in total. The lowest BCUT2D eigenvalue weighted by Crippen LogP contribution is -2.75. The van der Waals surface area contributed by atoms with Gasteiger partial charge in [0.1, 0.15) is 0 Å². The van der Waals surface area contributed by atoms with E-state index in [1.165, 1.54) is 11.8 Å². The van der Waals surface area contributed by atoms with Crippen LogP contribution in [0.2, 0.25) is 0 Å². The molecule has 0 bridgehead atoms. The summed E-state index contributed by atoms with van der Waals surface area (Å²) in [5, 5.41) is 5.82. The van der Waals surface area contributed by atoms with Crippen LogP contribution in [0, 0.1) is 6.92 Å². The lowest BCUT2D eigenvalue weighted by Gasteiger charge is -2.23. The van der Waals surface area contributed by atoms with E-state index in [0.29, 0.717) is 0 Å². The maximum absolute atomic E-state index is 5.83. The second kappa shape index (κ2) is 5.28. The molecule has 0 radical (unpaired) electrons. The monoisotopic (exact) mass is 262 g/mol. The first kappa shape index (κ1) is 12.6. The average molecular weight is 262 g/mol. The van der Waals surface area contributed by atoms with Crippen LogP contribution in [0.25, 0.3) is 10.9 Å². The van der Waals surface area contributed by atoms with Crippen molar-refractivity contribution in [1.29, 1.82) is 0 Å². The number of nitrogens with two attached hydrogens (primary N) is 1. The minimum Gasteiger partial charge on any atom is -0.356 e. The van der Waals surface area contributed by atoms with E-state index in [4.69, 9.17) is 9.57 Å². The van der Waals surface area contributed by atoms with E-state index in [0.717, 1.165) is 36.3 Å². The normalized spacial score (nSPS) is 20.0. The predicted molar refractivity (Wildman–Crippen MR) is 71.9 cm³/mol. The average Bonchev–Trinajstić information content (AvgIpc) is 2.78. The Bertz CT molecular complexity index is 573. The van der Waals surface area contributed by atoms with Gasteiger partial charge >= 0.3 is 0 Å². The third-order valence-electron chi connectivity index (χ3n) is 3.60. The fraction of sp³-hybridized carbons (Fsp3) is 0.500. The van der Waals surface area contributed by atoms with Crippen molar-refractivity contribution >= 4 is 16.6 Å².